The minimum Gasteiger partial charge on any atom is -0.303 e. The third kappa shape index (κ3) is 2.10. The maximum atomic E-state index is 10.1. The first kappa shape index (κ1) is 7.67. The highest BCUT2D eigenvalue weighted by Gasteiger charge is 2.07. The van der Waals surface area contributed by atoms with Gasteiger partial charge in [-0.25, -0.2) is 0 Å². The van der Waals surface area contributed by atoms with Crippen LogP contribution in [0.1, 0.15) is 20.3 Å². The Bertz CT molecular complexity index is 66.8. The largest absolute Gasteiger partial charge is 0.303 e. The van der Waals surface area contributed by atoms with E-state index in [0.29, 0.717) is 0 Å². The quantitative estimate of drug-likeness (QED) is 0.509. The van der Waals surface area contributed by atoms with Crippen LogP contribution in [0.4, 0.5) is 0 Å². The average Bonchev–Trinajstić information content (AvgIpc) is 1.69. The number of carbonyl (C=O) groups is 1. The van der Waals surface area contributed by atoms with Gasteiger partial charge < -0.3 is 4.79 Å². The second-order valence-electron chi connectivity index (χ2n) is 2.19. The van der Waals surface area contributed by atoms with E-state index in [1.165, 1.54) is 0 Å². The molecule has 47 valence electrons. The van der Waals surface area contributed by atoms with Gasteiger partial charge in [-0.3, -0.25) is 0 Å². The van der Waals surface area contributed by atoms with Gasteiger partial charge in [-0.1, -0.05) is 13.8 Å². The van der Waals surface area contributed by atoms with Crippen molar-refractivity contribution in [2.24, 2.45) is 11.8 Å². The Morgan fingerprint density at radius 2 is 2.25 bits per heavy atom. The van der Waals surface area contributed by atoms with E-state index >= 15 is 0 Å². The van der Waals surface area contributed by atoms with Gasteiger partial charge in [0.15, 0.2) is 0 Å². The fourth-order valence-electron chi connectivity index (χ4n) is 0.633. The van der Waals surface area contributed by atoms with E-state index in [9.17, 15) is 4.79 Å². The van der Waals surface area contributed by atoms with E-state index in [1.807, 2.05) is 13.8 Å². The lowest BCUT2D eigenvalue weighted by Gasteiger charge is -2.09. The molecule has 8 heavy (non-hydrogen) atoms. The lowest BCUT2D eigenvalue weighted by molar-refractivity contribution is -0.112. The smallest absolute Gasteiger partial charge is 0.123 e. The van der Waals surface area contributed by atoms with Crippen molar-refractivity contribution in [3.8, 4) is 0 Å². The Hall–Kier alpha value is -0.330. The molecule has 2 unspecified atom stereocenters. The molecular weight excluding hydrogens is 100 g/mol. The van der Waals surface area contributed by atoms with Crippen molar-refractivity contribution in [3.05, 3.63) is 6.92 Å². The molecule has 0 rings (SSSR count). The molecule has 0 aliphatic rings. The zero-order chi connectivity index (χ0) is 6.57. The number of hydrogen-bond acceptors (Lipinski definition) is 1. The molecule has 0 aromatic heterocycles. The van der Waals surface area contributed by atoms with Crippen LogP contribution in [0.5, 0.6) is 0 Å². The van der Waals surface area contributed by atoms with Crippen LogP contribution in [-0.4, -0.2) is 6.29 Å². The summed E-state index contributed by atoms with van der Waals surface area (Å²) in [6.07, 6.45) is 1.89. The summed E-state index contributed by atoms with van der Waals surface area (Å²) in [6, 6.07) is 0. The lowest BCUT2D eigenvalue weighted by atomic mass is 9.95. The van der Waals surface area contributed by atoms with Crippen molar-refractivity contribution in [1.82, 2.24) is 0 Å². The Morgan fingerprint density at radius 3 is 2.25 bits per heavy atom. The van der Waals surface area contributed by atoms with Gasteiger partial charge in [0, 0.05) is 5.92 Å². The van der Waals surface area contributed by atoms with Crippen LogP contribution in [0.2, 0.25) is 0 Å². The molecule has 0 fully saturated rings. The molecule has 0 aliphatic heterocycles. The molecule has 0 heterocycles. The summed E-state index contributed by atoms with van der Waals surface area (Å²) in [6.45, 7) is 7.71. The minimum absolute atomic E-state index is 0.162. The van der Waals surface area contributed by atoms with Crippen LogP contribution >= 0.6 is 0 Å². The monoisotopic (exact) mass is 113 g/mol. The van der Waals surface area contributed by atoms with Gasteiger partial charge in [-0.2, -0.15) is 0 Å². The molecular formula is C7H13O. The molecule has 0 spiro atoms. The molecule has 1 heteroatoms. The number of hydrogen-bond donors (Lipinski definition) is 0. The molecule has 0 aromatic rings. The number of aldehydes is 1. The normalized spacial score (nSPS) is 14.0. The fourth-order valence-corrected chi connectivity index (χ4v) is 0.633. The minimum atomic E-state index is 0.162. The van der Waals surface area contributed by atoms with E-state index in [-0.39, 0.29) is 11.8 Å². The molecule has 0 aliphatic carbocycles. The van der Waals surface area contributed by atoms with Gasteiger partial charge >= 0.3 is 0 Å². The Balaban J connectivity index is 3.51. The maximum Gasteiger partial charge on any atom is 0.123 e. The Morgan fingerprint density at radius 1 is 1.75 bits per heavy atom. The molecule has 1 radical (unpaired) electrons. The average molecular weight is 113 g/mol. The zero-order valence-corrected chi connectivity index (χ0v) is 5.55. The van der Waals surface area contributed by atoms with Crippen LogP contribution in [0.15, 0.2) is 0 Å². The van der Waals surface area contributed by atoms with Crippen molar-refractivity contribution in [3.63, 3.8) is 0 Å². The topological polar surface area (TPSA) is 17.1 Å². The first-order valence-corrected chi connectivity index (χ1v) is 3.00. The highest BCUT2D eigenvalue weighted by atomic mass is 16.1. The van der Waals surface area contributed by atoms with Crippen LogP contribution < -0.4 is 0 Å². The predicted molar refractivity (Wildman–Crippen MR) is 34.4 cm³/mol. The highest BCUT2D eigenvalue weighted by Crippen LogP contribution is 2.09. The van der Waals surface area contributed by atoms with Crippen molar-refractivity contribution in [1.29, 1.82) is 0 Å². The maximum absolute atomic E-state index is 10.1. The summed E-state index contributed by atoms with van der Waals surface area (Å²) in [4.78, 5) is 10.1. The van der Waals surface area contributed by atoms with Gasteiger partial charge in [0.05, 0.1) is 0 Å². The Labute approximate surface area is 51.1 Å². The molecule has 2 atom stereocenters. The molecule has 0 saturated carbocycles. The third-order valence-electron chi connectivity index (χ3n) is 1.38. The predicted octanol–water partition coefficient (Wildman–Crippen LogP) is 1.68. The van der Waals surface area contributed by atoms with E-state index in [1.54, 1.807) is 0 Å². The SMILES string of the molecule is [CH2]C(C)C(C=O)CC. The van der Waals surface area contributed by atoms with Gasteiger partial charge in [0.2, 0.25) is 0 Å². The molecule has 0 aromatic carbocycles. The number of rotatable bonds is 3. The molecule has 0 N–H and O–H groups in total. The van der Waals surface area contributed by atoms with Crippen LogP contribution in [-0.2, 0) is 4.79 Å². The van der Waals surface area contributed by atoms with Crippen LogP contribution in [0.3, 0.4) is 0 Å². The van der Waals surface area contributed by atoms with E-state index in [0.717, 1.165) is 12.7 Å². The summed E-state index contributed by atoms with van der Waals surface area (Å²) in [5, 5.41) is 0. The van der Waals surface area contributed by atoms with Crippen molar-refractivity contribution < 1.29 is 4.79 Å². The van der Waals surface area contributed by atoms with Gasteiger partial charge in [0.25, 0.3) is 0 Å². The van der Waals surface area contributed by atoms with E-state index < -0.39 is 0 Å². The van der Waals surface area contributed by atoms with E-state index in [2.05, 4.69) is 6.92 Å². The zero-order valence-electron chi connectivity index (χ0n) is 5.55. The van der Waals surface area contributed by atoms with Gasteiger partial charge in [-0.15, -0.1) is 0 Å². The first-order valence-electron chi connectivity index (χ1n) is 3.00. The van der Waals surface area contributed by atoms with Crippen LogP contribution in [0, 0.1) is 18.8 Å². The molecule has 0 bridgehead atoms. The van der Waals surface area contributed by atoms with Gasteiger partial charge in [0.1, 0.15) is 6.29 Å². The number of carbonyl (C=O) groups excluding carboxylic acids is 1. The second-order valence-corrected chi connectivity index (χ2v) is 2.19. The molecule has 1 nitrogen and oxygen atoms in total. The fraction of sp³-hybridized carbons (Fsp3) is 0.714. The van der Waals surface area contributed by atoms with Crippen molar-refractivity contribution >= 4 is 6.29 Å². The second kappa shape index (κ2) is 3.65. The summed E-state index contributed by atoms with van der Waals surface area (Å²) in [5.41, 5.74) is 0. The lowest BCUT2D eigenvalue weighted by Crippen LogP contribution is -2.07. The van der Waals surface area contributed by atoms with Gasteiger partial charge in [-0.05, 0) is 19.3 Å². The van der Waals surface area contributed by atoms with Crippen LogP contribution in [0.25, 0.3) is 0 Å². The molecule has 0 saturated heterocycles. The van der Waals surface area contributed by atoms with E-state index in [4.69, 9.17) is 0 Å². The summed E-state index contributed by atoms with van der Waals surface area (Å²) >= 11 is 0. The molecule has 0 amide bonds. The highest BCUT2D eigenvalue weighted by molar-refractivity contribution is 5.53. The summed E-state index contributed by atoms with van der Waals surface area (Å²) in [5.74, 6) is 0.424. The van der Waals surface area contributed by atoms with Crippen molar-refractivity contribution in [2.45, 2.75) is 20.3 Å². The van der Waals surface area contributed by atoms with Crippen molar-refractivity contribution in [2.75, 3.05) is 0 Å². The Kier molecular flexibility index (Phi) is 3.49. The summed E-state index contributed by atoms with van der Waals surface area (Å²) < 4.78 is 0. The standard InChI is InChI=1S/C7H13O/c1-4-7(5-8)6(2)3/h5-7H,2,4H2,1,3H3. The first-order chi connectivity index (χ1) is 3.72. The summed E-state index contributed by atoms with van der Waals surface area (Å²) in [7, 11) is 0. The third-order valence-corrected chi connectivity index (χ3v) is 1.38.